The molecule has 0 radical (unpaired) electrons. The van der Waals surface area contributed by atoms with Crippen molar-refractivity contribution >= 4 is 33.2 Å². The lowest BCUT2D eigenvalue weighted by Gasteiger charge is -2.44. The molecule has 0 spiro atoms. The average Bonchev–Trinajstić information content (AvgIpc) is 3.11. The molecule has 0 N–H and O–H groups in total. The molecule has 3 aliphatic heterocycles. The third-order valence-corrected chi connectivity index (χ3v) is 6.93. The van der Waals surface area contributed by atoms with E-state index in [9.17, 15) is 0 Å². The molecule has 4 heterocycles. The van der Waals surface area contributed by atoms with E-state index in [2.05, 4.69) is 29.2 Å². The lowest BCUT2D eigenvalue weighted by Crippen LogP contribution is -2.51. The van der Waals surface area contributed by atoms with Crippen molar-refractivity contribution in [3.63, 3.8) is 0 Å². The van der Waals surface area contributed by atoms with Crippen LogP contribution in [0.15, 0.2) is 42.5 Å². The first-order valence-electron chi connectivity index (χ1n) is 9.24. The number of aromatic nitrogens is 1. The predicted octanol–water partition coefficient (Wildman–Crippen LogP) is 5.23. The molecular formula is C21H21ClN2OS. The van der Waals surface area contributed by atoms with E-state index in [1.807, 2.05) is 18.2 Å². The summed E-state index contributed by atoms with van der Waals surface area (Å²) in [5, 5.41) is 1.77. The Balaban J connectivity index is 1.27. The van der Waals surface area contributed by atoms with E-state index in [0.29, 0.717) is 12.7 Å². The summed E-state index contributed by atoms with van der Waals surface area (Å²) in [4.78, 5) is 7.25. The summed E-state index contributed by atoms with van der Waals surface area (Å²) in [6.07, 6.45) is 3.00. The van der Waals surface area contributed by atoms with Gasteiger partial charge < -0.3 is 9.64 Å². The molecule has 0 aliphatic carbocycles. The molecule has 2 bridgehead atoms. The van der Waals surface area contributed by atoms with Crippen LogP contribution in [0.3, 0.4) is 0 Å². The Bertz CT molecular complexity index is 915. The second-order valence-electron chi connectivity index (χ2n) is 7.32. The van der Waals surface area contributed by atoms with Crippen molar-refractivity contribution in [2.24, 2.45) is 5.92 Å². The number of halogens is 1. The molecule has 0 saturated carbocycles. The summed E-state index contributed by atoms with van der Waals surface area (Å²) in [5.41, 5.74) is 3.34. The number of piperidine rings is 3. The van der Waals surface area contributed by atoms with Gasteiger partial charge >= 0.3 is 0 Å². The Kier molecular flexibility index (Phi) is 4.45. The molecule has 3 saturated heterocycles. The molecule has 134 valence electrons. The van der Waals surface area contributed by atoms with Crippen molar-refractivity contribution < 1.29 is 4.74 Å². The first kappa shape index (κ1) is 16.7. The van der Waals surface area contributed by atoms with E-state index in [4.69, 9.17) is 21.3 Å². The molecular weight excluding hydrogens is 364 g/mol. The first-order valence-corrected chi connectivity index (χ1v) is 10.4. The Hall–Kier alpha value is -1.46. The summed E-state index contributed by atoms with van der Waals surface area (Å²) in [5.74, 6) is 0.758. The molecule has 0 amide bonds. The summed E-state index contributed by atoms with van der Waals surface area (Å²) < 4.78 is 7.41. The van der Waals surface area contributed by atoms with Crippen molar-refractivity contribution in [1.29, 1.82) is 0 Å². The van der Waals surface area contributed by atoms with Gasteiger partial charge in [-0.15, -0.1) is 11.3 Å². The fourth-order valence-corrected chi connectivity index (χ4v) is 5.19. The van der Waals surface area contributed by atoms with Gasteiger partial charge in [0.25, 0.3) is 0 Å². The number of rotatable bonds is 4. The second-order valence-corrected chi connectivity index (χ2v) is 8.78. The highest BCUT2D eigenvalue weighted by molar-refractivity contribution is 7.21. The number of hydrogen-bond acceptors (Lipinski definition) is 4. The minimum absolute atomic E-state index is 0.409. The van der Waals surface area contributed by atoms with Gasteiger partial charge in [0.05, 0.1) is 22.9 Å². The van der Waals surface area contributed by atoms with Crippen LogP contribution in [-0.2, 0) is 11.3 Å². The number of benzene rings is 2. The van der Waals surface area contributed by atoms with Gasteiger partial charge in [-0.3, -0.25) is 0 Å². The van der Waals surface area contributed by atoms with Crippen LogP contribution in [0, 0.1) is 5.92 Å². The number of fused-ring (bicyclic) bond motifs is 4. The fourth-order valence-electron chi connectivity index (χ4n) is 4.07. The number of hydrogen-bond donors (Lipinski definition) is 0. The summed E-state index contributed by atoms with van der Waals surface area (Å²) in [7, 11) is 0. The molecule has 1 atom stereocenters. The maximum Gasteiger partial charge on any atom is 0.124 e. The van der Waals surface area contributed by atoms with Crippen LogP contribution in [0.5, 0.6) is 0 Å². The number of thiazole rings is 1. The molecule has 1 aromatic heterocycles. The van der Waals surface area contributed by atoms with Gasteiger partial charge in [-0.1, -0.05) is 35.9 Å². The molecule has 6 rings (SSSR count). The maximum atomic E-state index is 6.24. The normalized spacial score (nSPS) is 25.0. The van der Waals surface area contributed by atoms with Crippen molar-refractivity contribution in [2.75, 3.05) is 19.6 Å². The first-order chi connectivity index (χ1) is 12.7. The highest BCUT2D eigenvalue weighted by atomic mass is 35.5. The summed E-state index contributed by atoms with van der Waals surface area (Å²) in [6.45, 7) is 4.32. The SMILES string of the molecule is Clc1ccc2sc(-c3ccc(COC4CN5CCC4CC5)cc3)nc2c1. The van der Waals surface area contributed by atoms with Crippen molar-refractivity contribution in [1.82, 2.24) is 9.88 Å². The topological polar surface area (TPSA) is 25.4 Å². The molecule has 1 unspecified atom stereocenters. The van der Waals surface area contributed by atoms with E-state index in [1.54, 1.807) is 11.3 Å². The van der Waals surface area contributed by atoms with Gasteiger partial charge in [0.15, 0.2) is 0 Å². The lowest BCUT2D eigenvalue weighted by atomic mass is 9.86. The van der Waals surface area contributed by atoms with Gasteiger partial charge in [0.1, 0.15) is 5.01 Å². The molecule has 3 fully saturated rings. The van der Waals surface area contributed by atoms with Crippen LogP contribution in [0.4, 0.5) is 0 Å². The van der Waals surface area contributed by atoms with Crippen molar-refractivity contribution in [3.05, 3.63) is 53.1 Å². The standard InChI is InChI=1S/C21H21ClN2OS/c22-17-5-6-20-18(11-17)23-21(26-20)16-3-1-14(2-4-16)13-25-19-12-24-9-7-15(19)8-10-24/h1-6,11,15,19H,7-10,12-13H2. The zero-order valence-corrected chi connectivity index (χ0v) is 16.1. The Morgan fingerprint density at radius 2 is 1.92 bits per heavy atom. The highest BCUT2D eigenvalue weighted by Crippen LogP contribution is 2.32. The largest absolute Gasteiger partial charge is 0.372 e. The predicted molar refractivity (Wildman–Crippen MR) is 108 cm³/mol. The van der Waals surface area contributed by atoms with Gasteiger partial charge in [0.2, 0.25) is 0 Å². The third kappa shape index (κ3) is 3.27. The van der Waals surface area contributed by atoms with Gasteiger partial charge in [-0.25, -0.2) is 4.98 Å². The zero-order valence-electron chi connectivity index (χ0n) is 14.5. The van der Waals surface area contributed by atoms with E-state index in [-0.39, 0.29) is 0 Å². The van der Waals surface area contributed by atoms with Gasteiger partial charge in [-0.2, -0.15) is 0 Å². The highest BCUT2D eigenvalue weighted by Gasteiger charge is 2.34. The van der Waals surface area contributed by atoms with Crippen molar-refractivity contribution in [3.8, 4) is 10.6 Å². The molecule has 3 aliphatic rings. The van der Waals surface area contributed by atoms with Gasteiger partial charge in [-0.05, 0) is 55.6 Å². The molecule has 2 aromatic carbocycles. The van der Waals surface area contributed by atoms with Crippen LogP contribution in [-0.4, -0.2) is 35.6 Å². The van der Waals surface area contributed by atoms with Crippen LogP contribution < -0.4 is 0 Å². The van der Waals surface area contributed by atoms with Gasteiger partial charge in [0, 0.05) is 17.1 Å². The second kappa shape index (κ2) is 6.93. The summed E-state index contributed by atoms with van der Waals surface area (Å²) in [6, 6.07) is 14.5. The molecule has 26 heavy (non-hydrogen) atoms. The third-order valence-electron chi connectivity index (χ3n) is 5.61. The van der Waals surface area contributed by atoms with Crippen LogP contribution in [0.25, 0.3) is 20.8 Å². The molecule has 5 heteroatoms. The average molecular weight is 385 g/mol. The smallest absolute Gasteiger partial charge is 0.124 e. The Labute approximate surface area is 162 Å². The number of ether oxygens (including phenoxy) is 1. The molecule has 3 aromatic rings. The fraction of sp³-hybridized carbons (Fsp3) is 0.381. The zero-order chi connectivity index (χ0) is 17.5. The Morgan fingerprint density at radius 3 is 2.65 bits per heavy atom. The van der Waals surface area contributed by atoms with E-state index >= 15 is 0 Å². The van der Waals surface area contributed by atoms with E-state index < -0.39 is 0 Å². The van der Waals surface area contributed by atoms with Crippen LogP contribution in [0.1, 0.15) is 18.4 Å². The van der Waals surface area contributed by atoms with Crippen molar-refractivity contribution in [2.45, 2.75) is 25.6 Å². The van der Waals surface area contributed by atoms with Crippen LogP contribution in [0.2, 0.25) is 5.02 Å². The maximum absolute atomic E-state index is 6.24. The van der Waals surface area contributed by atoms with Crippen LogP contribution >= 0.6 is 22.9 Å². The lowest BCUT2D eigenvalue weighted by molar-refractivity contribution is -0.0765. The van der Waals surface area contributed by atoms with E-state index in [0.717, 1.165) is 33.6 Å². The monoisotopic (exact) mass is 384 g/mol. The minimum Gasteiger partial charge on any atom is -0.372 e. The summed E-state index contributed by atoms with van der Waals surface area (Å²) >= 11 is 7.77. The minimum atomic E-state index is 0.409. The van der Waals surface area contributed by atoms with E-state index in [1.165, 1.54) is 36.2 Å². The molecule has 3 nitrogen and oxygen atoms in total. The number of nitrogens with zero attached hydrogens (tertiary/aromatic N) is 2. The quantitative estimate of drug-likeness (QED) is 0.616. The Morgan fingerprint density at radius 1 is 1.12 bits per heavy atom.